The zero-order chi connectivity index (χ0) is 26.2. The summed E-state index contributed by atoms with van der Waals surface area (Å²) in [5.41, 5.74) is -1.81. The maximum Gasteiger partial charge on any atom is 0.313 e. The molecule has 2 saturated heterocycles. The number of hydrogen-bond donors (Lipinski definition) is 1. The molecule has 9 nitrogen and oxygen atoms in total. The van der Waals surface area contributed by atoms with Crippen molar-refractivity contribution in [3.05, 3.63) is 48.6 Å². The number of carbonyl (C=O) groups excluding carboxylic acids is 3. The van der Waals surface area contributed by atoms with Crippen LogP contribution in [0.1, 0.15) is 32.6 Å². The molecule has 0 radical (unpaired) electrons. The van der Waals surface area contributed by atoms with Gasteiger partial charge in [0.15, 0.2) is 0 Å². The quantitative estimate of drug-likeness (QED) is 0.478. The van der Waals surface area contributed by atoms with E-state index in [-0.39, 0.29) is 38.1 Å². The highest BCUT2D eigenvalue weighted by Crippen LogP contribution is 2.58. The Hall–Kier alpha value is -3.17. The molecule has 0 aromatic heterocycles. The molecular weight excluding hydrogens is 476 g/mol. The highest BCUT2D eigenvalue weighted by molar-refractivity contribution is 6.05. The highest BCUT2D eigenvalue weighted by Gasteiger charge is 2.75. The van der Waals surface area contributed by atoms with E-state index in [0.717, 1.165) is 19.3 Å². The molecule has 0 aliphatic carbocycles. The minimum Gasteiger partial charge on any atom is -0.497 e. The number of β-amino-alcohol motifs (C(OH)–C–C–N with tert-alkyl or cyclic N) is 1. The number of aliphatic hydroxyl groups excluding tert-OH is 1. The number of likely N-dealkylation sites (tertiary alicyclic amines) is 1. The van der Waals surface area contributed by atoms with Gasteiger partial charge in [-0.15, -0.1) is 0 Å². The Kier molecular flexibility index (Phi) is 6.85. The molecule has 4 aliphatic heterocycles. The van der Waals surface area contributed by atoms with E-state index >= 15 is 0 Å². The number of fused-ring (bicyclic) bond motifs is 2. The SMILES string of the molecule is CC[C@@]12/C=C\CCCCOC(=O)[C@@H]1[C@H]1C(=O)N(CCO)C3C(=O)N(c4ccc(OC)cc4)CC=C[C@@]31O2. The maximum absolute atomic E-state index is 14.2. The van der Waals surface area contributed by atoms with Crippen molar-refractivity contribution in [1.29, 1.82) is 0 Å². The van der Waals surface area contributed by atoms with Gasteiger partial charge in [0.05, 0.1) is 26.2 Å². The molecular formula is C28H34N2O7. The van der Waals surface area contributed by atoms with E-state index in [4.69, 9.17) is 14.2 Å². The molecule has 1 N–H and O–H groups in total. The Labute approximate surface area is 216 Å². The van der Waals surface area contributed by atoms with Gasteiger partial charge in [-0.2, -0.15) is 0 Å². The summed E-state index contributed by atoms with van der Waals surface area (Å²) in [6.45, 7) is 2.10. The van der Waals surface area contributed by atoms with Crippen molar-refractivity contribution in [2.75, 3.05) is 38.3 Å². The van der Waals surface area contributed by atoms with Crippen molar-refractivity contribution >= 4 is 23.5 Å². The van der Waals surface area contributed by atoms with Crippen LogP contribution in [0.15, 0.2) is 48.6 Å². The number of benzene rings is 1. The van der Waals surface area contributed by atoms with Crippen molar-refractivity contribution in [2.24, 2.45) is 11.8 Å². The summed E-state index contributed by atoms with van der Waals surface area (Å²) in [5.74, 6) is -2.38. The molecule has 5 rings (SSSR count). The van der Waals surface area contributed by atoms with Crippen molar-refractivity contribution < 1.29 is 33.7 Å². The van der Waals surface area contributed by atoms with E-state index in [9.17, 15) is 19.5 Å². The van der Waals surface area contributed by atoms with Gasteiger partial charge >= 0.3 is 5.97 Å². The molecule has 2 fully saturated rings. The summed E-state index contributed by atoms with van der Waals surface area (Å²) in [5, 5.41) is 9.83. The van der Waals surface area contributed by atoms with Crippen LogP contribution in [0.25, 0.3) is 0 Å². The molecule has 0 bridgehead atoms. The lowest BCUT2D eigenvalue weighted by Gasteiger charge is -2.38. The predicted molar refractivity (Wildman–Crippen MR) is 135 cm³/mol. The number of amides is 2. The fraction of sp³-hybridized carbons (Fsp3) is 0.536. The van der Waals surface area contributed by atoms with E-state index in [1.807, 2.05) is 25.2 Å². The van der Waals surface area contributed by atoms with E-state index in [0.29, 0.717) is 17.9 Å². The Morgan fingerprint density at radius 1 is 1.05 bits per heavy atom. The fourth-order valence-corrected chi connectivity index (χ4v) is 6.38. The summed E-state index contributed by atoms with van der Waals surface area (Å²) in [7, 11) is 1.57. The van der Waals surface area contributed by atoms with E-state index in [1.54, 1.807) is 42.4 Å². The number of hydrogen-bond acceptors (Lipinski definition) is 7. The summed E-state index contributed by atoms with van der Waals surface area (Å²) >= 11 is 0. The van der Waals surface area contributed by atoms with Gasteiger partial charge in [-0.3, -0.25) is 14.4 Å². The smallest absolute Gasteiger partial charge is 0.313 e. The zero-order valence-electron chi connectivity index (χ0n) is 21.3. The average Bonchev–Trinajstić information content (AvgIpc) is 3.26. The number of ether oxygens (including phenoxy) is 3. The second-order valence-electron chi connectivity index (χ2n) is 9.99. The fourth-order valence-electron chi connectivity index (χ4n) is 6.38. The third kappa shape index (κ3) is 3.95. The van der Waals surface area contributed by atoms with Gasteiger partial charge in [-0.05, 0) is 49.9 Å². The number of rotatable bonds is 5. The van der Waals surface area contributed by atoms with Crippen LogP contribution in [0.4, 0.5) is 5.69 Å². The molecule has 1 aromatic carbocycles. The number of carbonyl (C=O) groups is 3. The Balaban J connectivity index is 1.63. The monoisotopic (exact) mass is 510 g/mol. The van der Waals surface area contributed by atoms with Crippen molar-refractivity contribution in [1.82, 2.24) is 4.90 Å². The molecule has 198 valence electrons. The highest BCUT2D eigenvalue weighted by atomic mass is 16.6. The molecule has 4 aliphatic rings. The minimum atomic E-state index is -1.37. The van der Waals surface area contributed by atoms with Gasteiger partial charge in [0, 0.05) is 18.8 Å². The second-order valence-corrected chi connectivity index (χ2v) is 9.99. The van der Waals surface area contributed by atoms with Gasteiger partial charge in [0.2, 0.25) is 5.91 Å². The Bertz CT molecular complexity index is 1120. The van der Waals surface area contributed by atoms with Crippen LogP contribution in [0, 0.1) is 11.8 Å². The molecule has 0 saturated carbocycles. The first-order valence-electron chi connectivity index (χ1n) is 13.0. The molecule has 1 spiro atoms. The first-order chi connectivity index (χ1) is 17.9. The second kappa shape index (κ2) is 9.95. The van der Waals surface area contributed by atoms with Gasteiger partial charge in [0.25, 0.3) is 5.91 Å². The van der Waals surface area contributed by atoms with Crippen LogP contribution < -0.4 is 9.64 Å². The lowest BCUT2D eigenvalue weighted by atomic mass is 9.73. The number of nitrogens with zero attached hydrogens (tertiary/aromatic N) is 2. The summed E-state index contributed by atoms with van der Waals surface area (Å²) < 4.78 is 17.8. The number of methoxy groups -OCH3 is 1. The Morgan fingerprint density at radius 3 is 2.54 bits per heavy atom. The van der Waals surface area contributed by atoms with E-state index in [2.05, 4.69) is 0 Å². The minimum absolute atomic E-state index is 0.0438. The lowest BCUT2D eigenvalue weighted by Crippen LogP contribution is -2.56. The van der Waals surface area contributed by atoms with Gasteiger partial charge in [0.1, 0.15) is 28.9 Å². The number of allylic oxidation sites excluding steroid dienone is 1. The molecule has 1 aromatic rings. The molecule has 37 heavy (non-hydrogen) atoms. The number of aliphatic hydroxyl groups is 1. The molecule has 4 heterocycles. The van der Waals surface area contributed by atoms with Crippen LogP contribution in [0.5, 0.6) is 5.75 Å². The molecule has 1 unspecified atom stereocenters. The standard InChI is InChI=1S/C28H34N2O7/c1-3-27-13-6-4-5-7-18-36-26(34)22(27)21-24(32)30(16-17-31)23-25(33)29(15-8-14-28(21,23)37-27)19-9-11-20(35-2)12-10-19/h6,8-14,21-23,31H,3-5,7,15-18H2,1-2H3/b13-6-/t21-,22-,23?,27+,28-/m0/s1. The number of anilines is 1. The van der Waals surface area contributed by atoms with Crippen molar-refractivity contribution in [3.63, 3.8) is 0 Å². The topological polar surface area (TPSA) is 106 Å². The first-order valence-corrected chi connectivity index (χ1v) is 13.0. The molecule has 2 amide bonds. The van der Waals surface area contributed by atoms with Crippen molar-refractivity contribution in [2.45, 2.75) is 49.9 Å². The van der Waals surface area contributed by atoms with Crippen LogP contribution in [0.3, 0.4) is 0 Å². The van der Waals surface area contributed by atoms with E-state index < -0.39 is 35.0 Å². The third-order valence-electron chi connectivity index (χ3n) is 8.11. The van der Waals surface area contributed by atoms with Crippen LogP contribution in [-0.2, 0) is 23.9 Å². The lowest BCUT2D eigenvalue weighted by molar-refractivity contribution is -0.160. The van der Waals surface area contributed by atoms with E-state index in [1.165, 1.54) is 4.90 Å². The van der Waals surface area contributed by atoms with Gasteiger partial charge in [-0.25, -0.2) is 0 Å². The first kappa shape index (κ1) is 25.5. The maximum atomic E-state index is 14.2. The Morgan fingerprint density at radius 2 is 1.84 bits per heavy atom. The number of cyclic esters (lactones) is 1. The van der Waals surface area contributed by atoms with Crippen LogP contribution in [-0.4, -0.2) is 78.4 Å². The largest absolute Gasteiger partial charge is 0.497 e. The normalized spacial score (nSPS) is 34.4. The third-order valence-corrected chi connectivity index (χ3v) is 8.11. The zero-order valence-corrected chi connectivity index (χ0v) is 21.3. The molecule has 9 heteroatoms. The van der Waals surface area contributed by atoms with Crippen LogP contribution >= 0.6 is 0 Å². The average molecular weight is 511 g/mol. The number of esters is 1. The summed E-state index contributed by atoms with van der Waals surface area (Å²) in [6, 6.07) is 6.08. The molecule has 5 atom stereocenters. The van der Waals surface area contributed by atoms with Crippen molar-refractivity contribution in [3.8, 4) is 5.75 Å². The van der Waals surface area contributed by atoms with Crippen LogP contribution in [0.2, 0.25) is 0 Å². The predicted octanol–water partition coefficient (Wildman–Crippen LogP) is 2.23. The van der Waals surface area contributed by atoms with Gasteiger partial charge < -0.3 is 29.1 Å². The summed E-state index contributed by atoms with van der Waals surface area (Å²) in [4.78, 5) is 44.8. The summed E-state index contributed by atoms with van der Waals surface area (Å²) in [6.07, 6.45) is 10.4. The van der Waals surface area contributed by atoms with Gasteiger partial charge in [-0.1, -0.05) is 31.2 Å².